The molecule has 8 nitrogen and oxygen atoms in total. The number of rotatable bonds is 4. The maximum Gasteiger partial charge on any atom is 0.263 e. The lowest BCUT2D eigenvalue weighted by molar-refractivity contribution is -0.116. The molecule has 1 aromatic heterocycles. The van der Waals surface area contributed by atoms with Crippen LogP contribution in [0.4, 0.5) is 10.8 Å². The number of carbonyl (C=O) groups is 1. The van der Waals surface area contributed by atoms with Gasteiger partial charge in [0.2, 0.25) is 15.9 Å². The molecule has 1 amide bonds. The third kappa shape index (κ3) is 3.70. The number of nitrogens with one attached hydrogen (secondary N) is 1. The van der Waals surface area contributed by atoms with E-state index >= 15 is 0 Å². The molecule has 12 heteroatoms. The van der Waals surface area contributed by atoms with E-state index in [4.69, 9.17) is 11.6 Å². The standard InChI is InChI=1S/C17H14ClN3O5S3/c1-10-8-12(21-16(22)6-7-28(21,23)24)3-5-15(10)29(25,26)20-17-19-13-4-2-11(18)9-14(13)27-17/h2-5,8-9H,6-7H2,1H3,(H,19,20). The van der Waals surface area contributed by atoms with Crippen molar-refractivity contribution in [1.29, 1.82) is 0 Å². The van der Waals surface area contributed by atoms with Crippen molar-refractivity contribution < 1.29 is 21.6 Å². The summed E-state index contributed by atoms with van der Waals surface area (Å²) in [5.74, 6) is -0.792. The van der Waals surface area contributed by atoms with Crippen molar-refractivity contribution in [3.8, 4) is 0 Å². The van der Waals surface area contributed by atoms with Gasteiger partial charge in [0.15, 0.2) is 5.13 Å². The van der Waals surface area contributed by atoms with E-state index in [-0.39, 0.29) is 27.9 Å². The average molecular weight is 472 g/mol. The molecule has 0 saturated carbocycles. The number of aromatic nitrogens is 1. The second-order valence-corrected chi connectivity index (χ2v) is 11.5. The summed E-state index contributed by atoms with van der Waals surface area (Å²) < 4.78 is 53.7. The zero-order valence-electron chi connectivity index (χ0n) is 14.9. The molecule has 4 rings (SSSR count). The van der Waals surface area contributed by atoms with E-state index in [1.807, 2.05) is 0 Å². The van der Waals surface area contributed by atoms with Gasteiger partial charge in [0.05, 0.1) is 26.6 Å². The van der Waals surface area contributed by atoms with Crippen LogP contribution < -0.4 is 9.03 Å². The van der Waals surface area contributed by atoms with Crippen molar-refractivity contribution in [3.05, 3.63) is 47.0 Å². The first kappa shape index (κ1) is 20.1. The van der Waals surface area contributed by atoms with Crippen LogP contribution in [-0.4, -0.2) is 33.5 Å². The Labute approximate surface area is 176 Å². The molecule has 1 fully saturated rings. The van der Waals surface area contributed by atoms with Gasteiger partial charge in [-0.2, -0.15) is 0 Å². The number of sulfonamides is 2. The number of nitrogens with zero attached hydrogens (tertiary/aromatic N) is 2. The molecule has 0 spiro atoms. The number of hydrogen-bond donors (Lipinski definition) is 1. The minimum atomic E-state index is -3.97. The summed E-state index contributed by atoms with van der Waals surface area (Å²) >= 11 is 7.09. The summed E-state index contributed by atoms with van der Waals surface area (Å²) in [6, 6.07) is 9.00. The van der Waals surface area contributed by atoms with E-state index in [9.17, 15) is 21.6 Å². The smallest absolute Gasteiger partial charge is 0.263 e. The van der Waals surface area contributed by atoms with Crippen LogP contribution in [0.2, 0.25) is 5.02 Å². The second-order valence-electron chi connectivity index (χ2n) is 6.41. The van der Waals surface area contributed by atoms with Crippen molar-refractivity contribution in [2.75, 3.05) is 14.8 Å². The van der Waals surface area contributed by atoms with Crippen LogP contribution in [0.5, 0.6) is 0 Å². The van der Waals surface area contributed by atoms with Gasteiger partial charge in [-0.05, 0) is 48.9 Å². The summed E-state index contributed by atoms with van der Waals surface area (Å²) in [4.78, 5) is 16.1. The molecule has 1 aliphatic rings. The Morgan fingerprint density at radius 1 is 1.21 bits per heavy atom. The highest BCUT2D eigenvalue weighted by Gasteiger charge is 2.36. The van der Waals surface area contributed by atoms with Gasteiger partial charge in [-0.3, -0.25) is 9.52 Å². The molecule has 1 aliphatic heterocycles. The summed E-state index contributed by atoms with van der Waals surface area (Å²) in [7, 11) is -7.69. The molecule has 29 heavy (non-hydrogen) atoms. The molecule has 1 saturated heterocycles. The highest BCUT2D eigenvalue weighted by atomic mass is 35.5. The Hall–Kier alpha value is -2.21. The van der Waals surface area contributed by atoms with Gasteiger partial charge in [0.25, 0.3) is 10.0 Å². The lowest BCUT2D eigenvalue weighted by atomic mass is 10.2. The molecular formula is C17H14ClN3O5S3. The van der Waals surface area contributed by atoms with E-state index < -0.39 is 26.0 Å². The van der Waals surface area contributed by atoms with Crippen molar-refractivity contribution in [2.45, 2.75) is 18.2 Å². The number of halogens is 1. The second kappa shape index (κ2) is 6.94. The van der Waals surface area contributed by atoms with Crippen molar-refractivity contribution in [2.24, 2.45) is 0 Å². The SMILES string of the molecule is Cc1cc(N2C(=O)CCS2(=O)=O)ccc1S(=O)(=O)Nc1nc2ccc(Cl)cc2s1. The van der Waals surface area contributed by atoms with Crippen molar-refractivity contribution >= 4 is 69.9 Å². The lowest BCUT2D eigenvalue weighted by Crippen LogP contribution is -2.29. The number of benzene rings is 2. The number of amides is 1. The molecule has 1 N–H and O–H groups in total. The topological polar surface area (TPSA) is 114 Å². The number of aryl methyl sites for hydroxylation is 1. The number of carbonyl (C=O) groups excluding carboxylic acids is 1. The molecule has 3 aromatic rings. The number of thiazole rings is 1. The first-order chi connectivity index (χ1) is 13.6. The van der Waals surface area contributed by atoms with E-state index in [1.165, 1.54) is 25.1 Å². The van der Waals surface area contributed by atoms with Gasteiger partial charge in [-0.1, -0.05) is 22.9 Å². The summed E-state index contributed by atoms with van der Waals surface area (Å²) in [6.45, 7) is 1.53. The van der Waals surface area contributed by atoms with Crippen LogP contribution in [0.25, 0.3) is 10.2 Å². The average Bonchev–Trinajstić information content (AvgIpc) is 3.12. The van der Waals surface area contributed by atoms with Gasteiger partial charge >= 0.3 is 0 Å². The van der Waals surface area contributed by atoms with Crippen LogP contribution in [0.1, 0.15) is 12.0 Å². The Morgan fingerprint density at radius 3 is 2.62 bits per heavy atom. The molecule has 2 aromatic carbocycles. The van der Waals surface area contributed by atoms with Gasteiger partial charge in [0, 0.05) is 11.4 Å². The fraction of sp³-hybridized carbons (Fsp3) is 0.176. The fourth-order valence-electron chi connectivity index (χ4n) is 3.04. The monoisotopic (exact) mass is 471 g/mol. The molecule has 2 heterocycles. The molecular weight excluding hydrogens is 458 g/mol. The van der Waals surface area contributed by atoms with Crippen LogP contribution in [0.3, 0.4) is 0 Å². The van der Waals surface area contributed by atoms with Crippen molar-refractivity contribution in [3.63, 3.8) is 0 Å². The molecule has 0 unspecified atom stereocenters. The highest BCUT2D eigenvalue weighted by molar-refractivity contribution is 7.94. The van der Waals surface area contributed by atoms with Crippen LogP contribution in [-0.2, 0) is 24.8 Å². The number of hydrogen-bond acceptors (Lipinski definition) is 7. The molecule has 0 bridgehead atoms. The summed E-state index contributed by atoms with van der Waals surface area (Å²) in [5, 5.41) is 0.705. The maximum atomic E-state index is 12.8. The van der Waals surface area contributed by atoms with E-state index in [2.05, 4.69) is 9.71 Å². The highest BCUT2D eigenvalue weighted by Crippen LogP contribution is 2.32. The van der Waals surface area contributed by atoms with Gasteiger partial charge < -0.3 is 0 Å². The van der Waals surface area contributed by atoms with E-state index in [1.54, 1.807) is 18.2 Å². The van der Waals surface area contributed by atoms with Gasteiger partial charge in [0.1, 0.15) is 0 Å². The zero-order valence-corrected chi connectivity index (χ0v) is 18.1. The fourth-order valence-corrected chi connectivity index (χ4v) is 7.10. The lowest BCUT2D eigenvalue weighted by Gasteiger charge is -2.17. The molecule has 0 aliphatic carbocycles. The summed E-state index contributed by atoms with van der Waals surface area (Å²) in [6.07, 6.45) is -0.0926. The molecule has 0 atom stereocenters. The quantitative estimate of drug-likeness (QED) is 0.625. The third-order valence-electron chi connectivity index (χ3n) is 4.33. The van der Waals surface area contributed by atoms with Crippen molar-refractivity contribution in [1.82, 2.24) is 4.98 Å². The Kier molecular flexibility index (Phi) is 4.80. The summed E-state index contributed by atoms with van der Waals surface area (Å²) in [5.41, 5.74) is 1.04. The van der Waals surface area contributed by atoms with E-state index in [0.717, 1.165) is 20.3 Å². The Balaban J connectivity index is 1.67. The third-order valence-corrected chi connectivity index (χ3v) is 8.82. The predicted molar refractivity (Wildman–Crippen MR) is 113 cm³/mol. The minimum absolute atomic E-state index is 0.0393. The van der Waals surface area contributed by atoms with Gasteiger partial charge in [-0.25, -0.2) is 26.1 Å². The van der Waals surface area contributed by atoms with E-state index in [0.29, 0.717) is 16.1 Å². The van der Waals surface area contributed by atoms with Gasteiger partial charge in [-0.15, -0.1) is 0 Å². The minimum Gasteiger partial charge on any atom is -0.273 e. The van der Waals surface area contributed by atoms with Crippen LogP contribution in [0.15, 0.2) is 41.3 Å². The largest absolute Gasteiger partial charge is 0.273 e. The zero-order chi connectivity index (χ0) is 21.0. The Bertz CT molecular complexity index is 1370. The number of fused-ring (bicyclic) bond motifs is 1. The van der Waals surface area contributed by atoms with Crippen LogP contribution >= 0.6 is 22.9 Å². The first-order valence-corrected chi connectivity index (χ1v) is 12.6. The molecule has 0 radical (unpaired) electrons. The van der Waals surface area contributed by atoms with Crippen LogP contribution in [0, 0.1) is 6.92 Å². The first-order valence-electron chi connectivity index (χ1n) is 8.32. The number of anilines is 2. The Morgan fingerprint density at radius 2 is 1.97 bits per heavy atom. The maximum absolute atomic E-state index is 12.8. The predicted octanol–water partition coefficient (Wildman–Crippen LogP) is 3.13. The molecule has 152 valence electrons. The normalized spacial score (nSPS) is 16.5.